The predicted molar refractivity (Wildman–Crippen MR) is 96.4 cm³/mol. The first-order valence-electron chi connectivity index (χ1n) is 7.62. The van der Waals surface area contributed by atoms with Gasteiger partial charge in [0, 0.05) is 23.5 Å². The van der Waals surface area contributed by atoms with Gasteiger partial charge in [0.25, 0.3) is 5.91 Å². The Bertz CT molecular complexity index is 793. The molecule has 0 aliphatic carbocycles. The predicted octanol–water partition coefficient (Wildman–Crippen LogP) is 4.04. The number of anilines is 1. The molecule has 0 aliphatic rings. The van der Waals surface area contributed by atoms with E-state index in [1.165, 1.54) is 6.20 Å². The Morgan fingerprint density at radius 1 is 1.17 bits per heavy atom. The second-order valence-corrected chi connectivity index (χ2v) is 5.51. The van der Waals surface area contributed by atoms with E-state index in [4.69, 9.17) is 11.6 Å². The van der Waals surface area contributed by atoms with Crippen molar-refractivity contribution >= 4 is 23.2 Å². The molecule has 0 unspecified atom stereocenters. The van der Waals surface area contributed by atoms with Crippen LogP contribution in [0.1, 0.15) is 18.1 Å². The van der Waals surface area contributed by atoms with Crippen LogP contribution >= 0.6 is 11.6 Å². The Balaban J connectivity index is 2.03. The summed E-state index contributed by atoms with van der Waals surface area (Å²) in [6.07, 6.45) is 2.29. The number of halogens is 1. The third-order valence-corrected chi connectivity index (χ3v) is 3.90. The number of carbonyl (C=O) groups is 1. The summed E-state index contributed by atoms with van der Waals surface area (Å²) in [7, 11) is 0. The van der Waals surface area contributed by atoms with Crippen LogP contribution in [0.4, 0.5) is 5.69 Å². The fourth-order valence-corrected chi connectivity index (χ4v) is 2.38. The van der Waals surface area contributed by atoms with Gasteiger partial charge < -0.3 is 10.6 Å². The monoisotopic (exact) mass is 339 g/mol. The van der Waals surface area contributed by atoms with Crippen molar-refractivity contribution in [3.63, 3.8) is 0 Å². The summed E-state index contributed by atoms with van der Waals surface area (Å²) < 4.78 is 0. The van der Waals surface area contributed by atoms with E-state index in [0.717, 1.165) is 23.2 Å². The van der Waals surface area contributed by atoms with Crippen LogP contribution in [0.3, 0.4) is 0 Å². The number of aryl methyl sites for hydroxylation is 1. The number of nitrogens with one attached hydrogen (secondary N) is 2. The molecule has 1 amide bonds. The number of carbonyl (C=O) groups excluding carboxylic acids is 1. The highest BCUT2D eigenvalue weighted by Gasteiger charge is 2.09. The van der Waals surface area contributed by atoms with E-state index in [0.29, 0.717) is 5.02 Å². The number of hydrogen-bond donors (Lipinski definition) is 2. The molecule has 4 nitrogen and oxygen atoms in total. The van der Waals surface area contributed by atoms with Crippen molar-refractivity contribution in [3.8, 4) is 6.07 Å². The van der Waals surface area contributed by atoms with E-state index in [1.54, 1.807) is 6.07 Å². The summed E-state index contributed by atoms with van der Waals surface area (Å²) in [5.74, 6) is -0.445. The summed E-state index contributed by atoms with van der Waals surface area (Å²) in [5.41, 5.74) is 2.80. The lowest BCUT2D eigenvalue weighted by atomic mass is 10.1. The number of nitrogens with zero attached hydrogens (tertiary/aromatic N) is 1. The Morgan fingerprint density at radius 3 is 2.50 bits per heavy atom. The molecule has 0 aromatic heterocycles. The molecule has 0 fully saturated rings. The molecule has 0 aliphatic heterocycles. The maximum absolute atomic E-state index is 12.1. The average Bonchev–Trinajstić information content (AvgIpc) is 2.62. The summed E-state index contributed by atoms with van der Waals surface area (Å²) >= 11 is 6.05. The molecule has 0 spiro atoms. The zero-order valence-electron chi connectivity index (χ0n) is 13.3. The summed E-state index contributed by atoms with van der Waals surface area (Å²) in [4.78, 5) is 12.1. The van der Waals surface area contributed by atoms with Gasteiger partial charge in [-0.3, -0.25) is 4.79 Å². The van der Waals surface area contributed by atoms with Gasteiger partial charge in [-0.05, 0) is 29.7 Å². The quantitative estimate of drug-likeness (QED) is 0.616. The molecular formula is C19H18ClN3O. The minimum atomic E-state index is -0.445. The third-order valence-electron chi connectivity index (χ3n) is 3.53. The van der Waals surface area contributed by atoms with Crippen molar-refractivity contribution in [1.29, 1.82) is 5.26 Å². The smallest absolute Gasteiger partial charge is 0.263 e. The first-order chi connectivity index (χ1) is 11.7. The van der Waals surface area contributed by atoms with E-state index < -0.39 is 5.91 Å². The number of benzene rings is 2. The Morgan fingerprint density at radius 2 is 1.83 bits per heavy atom. The number of nitriles is 1. The number of rotatable bonds is 6. The van der Waals surface area contributed by atoms with Crippen LogP contribution in [-0.2, 0) is 17.8 Å². The van der Waals surface area contributed by atoms with Gasteiger partial charge in [0.05, 0.1) is 0 Å². The van der Waals surface area contributed by atoms with Crippen LogP contribution in [0, 0.1) is 11.3 Å². The molecule has 5 heteroatoms. The zero-order chi connectivity index (χ0) is 17.4. The molecule has 0 heterocycles. The lowest BCUT2D eigenvalue weighted by Crippen LogP contribution is -2.24. The number of amides is 1. The van der Waals surface area contributed by atoms with Gasteiger partial charge in [0.1, 0.15) is 11.6 Å². The van der Waals surface area contributed by atoms with Crippen LogP contribution < -0.4 is 10.6 Å². The van der Waals surface area contributed by atoms with Crippen molar-refractivity contribution in [3.05, 3.63) is 76.5 Å². The molecule has 0 saturated heterocycles. The van der Waals surface area contributed by atoms with Crippen LogP contribution in [0.5, 0.6) is 0 Å². The number of hydrogen-bond acceptors (Lipinski definition) is 3. The Hall–Kier alpha value is -2.77. The molecule has 0 atom stereocenters. The lowest BCUT2D eigenvalue weighted by molar-refractivity contribution is -0.117. The van der Waals surface area contributed by atoms with Crippen LogP contribution in [0.25, 0.3) is 0 Å². The zero-order valence-corrected chi connectivity index (χ0v) is 14.1. The van der Waals surface area contributed by atoms with Crippen molar-refractivity contribution in [2.75, 3.05) is 5.32 Å². The first kappa shape index (κ1) is 17.6. The van der Waals surface area contributed by atoms with Gasteiger partial charge >= 0.3 is 0 Å². The molecule has 24 heavy (non-hydrogen) atoms. The van der Waals surface area contributed by atoms with Crippen molar-refractivity contribution in [2.45, 2.75) is 19.9 Å². The highest BCUT2D eigenvalue weighted by Crippen LogP contribution is 2.16. The van der Waals surface area contributed by atoms with Gasteiger partial charge in [-0.25, -0.2) is 0 Å². The van der Waals surface area contributed by atoms with Gasteiger partial charge in [0.2, 0.25) is 0 Å². The minimum Gasteiger partial charge on any atom is -0.360 e. The number of para-hydroxylation sites is 1. The SMILES string of the molecule is CCc1ccccc1N/C=C(/C#N)C(=O)NCc1ccccc1Cl. The molecule has 0 bridgehead atoms. The van der Waals surface area contributed by atoms with E-state index in [-0.39, 0.29) is 12.1 Å². The minimum absolute atomic E-state index is 0.00737. The Kier molecular flexibility index (Phi) is 6.41. The molecule has 2 rings (SSSR count). The second-order valence-electron chi connectivity index (χ2n) is 5.10. The van der Waals surface area contributed by atoms with Gasteiger partial charge in [-0.15, -0.1) is 0 Å². The summed E-state index contributed by atoms with van der Waals surface area (Å²) in [6, 6.07) is 16.9. The molecule has 0 saturated carbocycles. The third kappa shape index (κ3) is 4.61. The second kappa shape index (κ2) is 8.76. The maximum atomic E-state index is 12.1. The first-order valence-corrected chi connectivity index (χ1v) is 7.99. The summed E-state index contributed by atoms with van der Waals surface area (Å²) in [5, 5.41) is 15.5. The highest BCUT2D eigenvalue weighted by atomic mass is 35.5. The highest BCUT2D eigenvalue weighted by molar-refractivity contribution is 6.31. The molecule has 2 aromatic carbocycles. The Labute approximate surface area is 146 Å². The van der Waals surface area contributed by atoms with Crippen LogP contribution in [-0.4, -0.2) is 5.91 Å². The largest absolute Gasteiger partial charge is 0.360 e. The standard InChI is InChI=1S/C19H18ClN3O/c1-2-14-7-4-6-10-18(14)22-13-16(11-21)19(24)23-12-15-8-3-5-9-17(15)20/h3-10,13,22H,2,12H2,1H3,(H,23,24)/b16-13-. The van der Waals surface area contributed by atoms with Crippen molar-refractivity contribution < 1.29 is 4.79 Å². The normalized spacial score (nSPS) is 10.8. The fraction of sp³-hybridized carbons (Fsp3) is 0.158. The molecule has 2 aromatic rings. The summed E-state index contributed by atoms with van der Waals surface area (Å²) in [6.45, 7) is 2.31. The van der Waals surface area contributed by atoms with E-state index in [9.17, 15) is 10.1 Å². The van der Waals surface area contributed by atoms with Gasteiger partial charge in [0.15, 0.2) is 0 Å². The average molecular weight is 340 g/mol. The van der Waals surface area contributed by atoms with Gasteiger partial charge in [-0.2, -0.15) is 5.26 Å². The molecule has 0 radical (unpaired) electrons. The fourth-order valence-electron chi connectivity index (χ4n) is 2.18. The van der Waals surface area contributed by atoms with Crippen molar-refractivity contribution in [2.24, 2.45) is 0 Å². The van der Waals surface area contributed by atoms with E-state index >= 15 is 0 Å². The van der Waals surface area contributed by atoms with Crippen LogP contribution in [0.2, 0.25) is 5.02 Å². The molecular weight excluding hydrogens is 322 g/mol. The maximum Gasteiger partial charge on any atom is 0.263 e. The van der Waals surface area contributed by atoms with E-state index in [1.807, 2.05) is 55.5 Å². The van der Waals surface area contributed by atoms with Crippen molar-refractivity contribution in [1.82, 2.24) is 5.32 Å². The van der Waals surface area contributed by atoms with E-state index in [2.05, 4.69) is 10.6 Å². The van der Waals surface area contributed by atoms with Crippen LogP contribution in [0.15, 0.2) is 60.3 Å². The topological polar surface area (TPSA) is 64.9 Å². The van der Waals surface area contributed by atoms with Gasteiger partial charge in [-0.1, -0.05) is 54.9 Å². The molecule has 2 N–H and O–H groups in total. The lowest BCUT2D eigenvalue weighted by Gasteiger charge is -2.09. The molecule has 122 valence electrons.